The lowest BCUT2D eigenvalue weighted by molar-refractivity contribution is -0.133. The lowest BCUT2D eigenvalue weighted by Gasteiger charge is -2.31. The molecule has 0 radical (unpaired) electrons. The molecule has 2 heterocycles. The monoisotopic (exact) mass is 356 g/mol. The smallest absolute Gasteiger partial charge is 0.331 e. The van der Waals surface area contributed by atoms with Crippen molar-refractivity contribution >= 4 is 5.91 Å². The molecular formula is C19H24N4O3. The van der Waals surface area contributed by atoms with Crippen LogP contribution in [0.3, 0.4) is 0 Å². The standard InChI is InChI=1S/C19H24N4O3/c1-20-16-7-10-21(11-8-16)18(25)14-23-17(24)9-12-22(19(23)26)13-15-5-3-2-4-6-15/h2-6,9,12,16,20H,7-8,10-11,13-14H2,1H3. The summed E-state index contributed by atoms with van der Waals surface area (Å²) in [5.74, 6) is -0.184. The average Bonchev–Trinajstić information content (AvgIpc) is 2.68. The van der Waals surface area contributed by atoms with E-state index in [1.807, 2.05) is 37.4 Å². The minimum absolute atomic E-state index is 0.184. The molecule has 0 unspecified atom stereocenters. The van der Waals surface area contributed by atoms with Crippen molar-refractivity contribution in [2.24, 2.45) is 0 Å². The van der Waals surface area contributed by atoms with Gasteiger partial charge in [-0.3, -0.25) is 18.7 Å². The topological polar surface area (TPSA) is 76.3 Å². The molecule has 3 rings (SSSR count). The molecule has 0 spiro atoms. The highest BCUT2D eigenvalue weighted by molar-refractivity contribution is 5.76. The second-order valence-electron chi connectivity index (χ2n) is 6.58. The summed E-state index contributed by atoms with van der Waals surface area (Å²) in [5, 5.41) is 3.22. The van der Waals surface area contributed by atoms with Crippen molar-refractivity contribution in [2.75, 3.05) is 20.1 Å². The maximum absolute atomic E-state index is 12.7. The van der Waals surface area contributed by atoms with Gasteiger partial charge in [-0.2, -0.15) is 0 Å². The second kappa shape index (κ2) is 8.14. The van der Waals surface area contributed by atoms with Gasteiger partial charge in [0.25, 0.3) is 5.56 Å². The summed E-state index contributed by atoms with van der Waals surface area (Å²) in [6.07, 6.45) is 3.24. The van der Waals surface area contributed by atoms with Gasteiger partial charge in [-0.05, 0) is 25.5 Å². The molecule has 1 aromatic heterocycles. The van der Waals surface area contributed by atoms with Crippen molar-refractivity contribution in [3.8, 4) is 0 Å². The third-order valence-corrected chi connectivity index (χ3v) is 4.88. The van der Waals surface area contributed by atoms with Crippen LogP contribution >= 0.6 is 0 Å². The summed E-state index contributed by atoms with van der Waals surface area (Å²) < 4.78 is 2.48. The van der Waals surface area contributed by atoms with Gasteiger partial charge in [-0.25, -0.2) is 4.79 Å². The van der Waals surface area contributed by atoms with Gasteiger partial charge in [0.05, 0.1) is 6.54 Å². The maximum Gasteiger partial charge on any atom is 0.331 e. The summed E-state index contributed by atoms with van der Waals surface area (Å²) in [7, 11) is 1.92. The molecule has 1 fully saturated rings. The van der Waals surface area contributed by atoms with Gasteiger partial charge in [-0.15, -0.1) is 0 Å². The van der Waals surface area contributed by atoms with Gasteiger partial charge in [0.15, 0.2) is 0 Å². The molecular weight excluding hydrogens is 332 g/mol. The first-order valence-electron chi connectivity index (χ1n) is 8.87. The van der Waals surface area contributed by atoms with E-state index in [2.05, 4.69) is 5.32 Å². The van der Waals surface area contributed by atoms with Crippen molar-refractivity contribution in [3.63, 3.8) is 0 Å². The van der Waals surface area contributed by atoms with Crippen molar-refractivity contribution < 1.29 is 4.79 Å². The fraction of sp³-hybridized carbons (Fsp3) is 0.421. The number of benzene rings is 1. The van der Waals surface area contributed by atoms with Crippen LogP contribution in [-0.4, -0.2) is 46.1 Å². The first kappa shape index (κ1) is 18.1. The average molecular weight is 356 g/mol. The predicted octanol–water partition coefficient (Wildman–Crippen LogP) is 0.269. The highest BCUT2D eigenvalue weighted by atomic mass is 16.2. The van der Waals surface area contributed by atoms with E-state index in [0.717, 1.165) is 23.0 Å². The number of nitrogens with one attached hydrogen (secondary N) is 1. The van der Waals surface area contributed by atoms with Gasteiger partial charge in [0.2, 0.25) is 5.91 Å². The van der Waals surface area contributed by atoms with Gasteiger partial charge >= 0.3 is 5.69 Å². The van der Waals surface area contributed by atoms with Gasteiger partial charge in [0.1, 0.15) is 6.54 Å². The molecule has 7 nitrogen and oxygen atoms in total. The molecule has 138 valence electrons. The number of piperidine rings is 1. The maximum atomic E-state index is 12.7. The Morgan fingerprint density at radius 1 is 1.12 bits per heavy atom. The number of likely N-dealkylation sites (tertiary alicyclic amines) is 1. The van der Waals surface area contributed by atoms with E-state index < -0.39 is 11.2 Å². The number of aromatic nitrogens is 2. The Morgan fingerprint density at radius 2 is 1.81 bits per heavy atom. The number of carbonyl (C=O) groups excluding carboxylic acids is 1. The van der Waals surface area contributed by atoms with Crippen LogP contribution in [0.25, 0.3) is 0 Å². The van der Waals surface area contributed by atoms with Crippen LogP contribution in [-0.2, 0) is 17.9 Å². The number of hydrogen-bond donors (Lipinski definition) is 1. The molecule has 1 amide bonds. The van der Waals surface area contributed by atoms with Crippen LogP contribution < -0.4 is 16.6 Å². The summed E-state index contributed by atoms with van der Waals surface area (Å²) in [6.45, 7) is 1.44. The Labute approximate surface area is 151 Å². The van der Waals surface area contributed by atoms with Crippen molar-refractivity contribution in [1.82, 2.24) is 19.4 Å². The third kappa shape index (κ3) is 4.11. The molecule has 7 heteroatoms. The predicted molar refractivity (Wildman–Crippen MR) is 99.2 cm³/mol. The third-order valence-electron chi connectivity index (χ3n) is 4.88. The number of amides is 1. The fourth-order valence-electron chi connectivity index (χ4n) is 3.26. The molecule has 1 N–H and O–H groups in total. The molecule has 0 aliphatic carbocycles. The number of hydrogen-bond acceptors (Lipinski definition) is 4. The van der Waals surface area contributed by atoms with Gasteiger partial charge < -0.3 is 10.2 Å². The first-order chi connectivity index (χ1) is 12.6. The first-order valence-corrected chi connectivity index (χ1v) is 8.87. The quantitative estimate of drug-likeness (QED) is 0.834. The molecule has 0 bridgehead atoms. The van der Waals surface area contributed by atoms with Crippen LogP contribution in [0.1, 0.15) is 18.4 Å². The molecule has 0 atom stereocenters. The zero-order valence-corrected chi connectivity index (χ0v) is 14.9. The molecule has 1 aromatic carbocycles. The zero-order chi connectivity index (χ0) is 18.5. The largest absolute Gasteiger partial charge is 0.341 e. The van der Waals surface area contributed by atoms with Crippen molar-refractivity contribution in [2.45, 2.75) is 32.0 Å². The minimum atomic E-state index is -0.459. The molecule has 1 saturated heterocycles. The van der Waals surface area contributed by atoms with E-state index in [1.165, 1.54) is 16.8 Å². The van der Waals surface area contributed by atoms with E-state index in [9.17, 15) is 14.4 Å². The van der Waals surface area contributed by atoms with Crippen molar-refractivity contribution in [1.29, 1.82) is 0 Å². The number of rotatable bonds is 5. The fourth-order valence-corrected chi connectivity index (χ4v) is 3.26. The van der Waals surface area contributed by atoms with E-state index in [0.29, 0.717) is 25.7 Å². The van der Waals surface area contributed by atoms with Crippen LogP contribution in [0.5, 0.6) is 0 Å². The van der Waals surface area contributed by atoms with Crippen LogP contribution in [0, 0.1) is 0 Å². The van der Waals surface area contributed by atoms with Gasteiger partial charge in [0, 0.05) is 31.4 Å². The molecule has 1 aliphatic rings. The highest BCUT2D eigenvalue weighted by Gasteiger charge is 2.22. The SMILES string of the molecule is CNC1CCN(C(=O)Cn2c(=O)ccn(Cc3ccccc3)c2=O)CC1. The van der Waals surface area contributed by atoms with Crippen LogP contribution in [0.15, 0.2) is 52.2 Å². The Kier molecular flexibility index (Phi) is 5.68. The normalized spacial score (nSPS) is 15.2. The Morgan fingerprint density at radius 3 is 2.46 bits per heavy atom. The summed E-state index contributed by atoms with van der Waals surface area (Å²) >= 11 is 0. The summed E-state index contributed by atoms with van der Waals surface area (Å²) in [5.41, 5.74) is 0.0536. The minimum Gasteiger partial charge on any atom is -0.341 e. The van der Waals surface area contributed by atoms with E-state index >= 15 is 0 Å². The number of carbonyl (C=O) groups is 1. The molecule has 2 aromatic rings. The Balaban J connectivity index is 1.75. The molecule has 26 heavy (non-hydrogen) atoms. The summed E-state index contributed by atoms with van der Waals surface area (Å²) in [4.78, 5) is 39.1. The van der Waals surface area contributed by atoms with Crippen molar-refractivity contribution in [3.05, 3.63) is 69.0 Å². The lowest BCUT2D eigenvalue weighted by Crippen LogP contribution is -2.48. The van der Waals surface area contributed by atoms with E-state index in [4.69, 9.17) is 0 Å². The summed E-state index contributed by atoms with van der Waals surface area (Å²) in [6, 6.07) is 11.3. The lowest BCUT2D eigenvalue weighted by atomic mass is 10.1. The second-order valence-corrected chi connectivity index (χ2v) is 6.58. The zero-order valence-electron chi connectivity index (χ0n) is 14.9. The molecule has 1 aliphatic heterocycles. The molecule has 0 saturated carbocycles. The van der Waals surface area contributed by atoms with Gasteiger partial charge in [-0.1, -0.05) is 30.3 Å². The van der Waals surface area contributed by atoms with Crippen LogP contribution in [0.4, 0.5) is 0 Å². The highest BCUT2D eigenvalue weighted by Crippen LogP contribution is 2.10. The number of nitrogens with zero attached hydrogens (tertiary/aromatic N) is 3. The Bertz CT molecular complexity index is 864. The van der Waals surface area contributed by atoms with E-state index in [-0.39, 0.29) is 12.5 Å². The van der Waals surface area contributed by atoms with Crippen LogP contribution in [0.2, 0.25) is 0 Å². The Hall–Kier alpha value is -2.67. The van der Waals surface area contributed by atoms with E-state index in [1.54, 1.807) is 4.90 Å².